The van der Waals surface area contributed by atoms with Crippen molar-refractivity contribution in [3.8, 4) is 18.1 Å². The molecule has 0 spiro atoms. The van der Waals surface area contributed by atoms with Gasteiger partial charge in [0.15, 0.2) is 0 Å². The second-order valence-corrected chi connectivity index (χ2v) is 7.44. The van der Waals surface area contributed by atoms with Crippen LogP contribution in [0.25, 0.3) is 0 Å². The van der Waals surface area contributed by atoms with Crippen molar-refractivity contribution in [1.29, 1.82) is 0 Å². The first-order valence-electron chi connectivity index (χ1n) is 8.16. The Morgan fingerprint density at radius 3 is 2.22 bits per heavy atom. The van der Waals surface area contributed by atoms with Crippen LogP contribution in [0.5, 0.6) is 5.75 Å². The molecular formula is C20H19BrN2O3S. The van der Waals surface area contributed by atoms with E-state index in [1.807, 2.05) is 24.3 Å². The lowest BCUT2D eigenvalue weighted by Gasteiger charge is -2.07. The van der Waals surface area contributed by atoms with Crippen LogP contribution < -0.4 is 15.4 Å². The Bertz CT molecular complexity index is 801. The zero-order valence-electron chi connectivity index (χ0n) is 14.5. The molecule has 0 aromatic heterocycles. The third kappa shape index (κ3) is 8.20. The van der Waals surface area contributed by atoms with Crippen LogP contribution in [0.4, 0.5) is 11.4 Å². The van der Waals surface area contributed by atoms with Gasteiger partial charge in [-0.2, -0.15) is 11.8 Å². The summed E-state index contributed by atoms with van der Waals surface area (Å²) in [6.07, 6.45) is 5.46. The molecule has 0 aliphatic carbocycles. The van der Waals surface area contributed by atoms with Crippen molar-refractivity contribution < 1.29 is 14.3 Å². The average molecular weight is 447 g/mol. The Balaban J connectivity index is 1.63. The standard InChI is InChI=1S/C20H19BrN2O3S/c1-2-12-26-18-9-7-17(8-10-18)22-19(24)11-13-27-14-20(25)23-16-5-3-15(21)4-6-16/h1,3-10H,11-14H2,(H,22,24)(H,23,25). The largest absolute Gasteiger partial charge is 0.481 e. The Labute approximate surface area is 171 Å². The number of carbonyl (C=O) groups is 2. The van der Waals surface area contributed by atoms with Gasteiger partial charge in [-0.05, 0) is 48.5 Å². The van der Waals surface area contributed by atoms with Gasteiger partial charge in [-0.3, -0.25) is 9.59 Å². The smallest absolute Gasteiger partial charge is 0.234 e. The Morgan fingerprint density at radius 1 is 1.00 bits per heavy atom. The highest BCUT2D eigenvalue weighted by atomic mass is 79.9. The van der Waals surface area contributed by atoms with E-state index in [9.17, 15) is 9.59 Å². The van der Waals surface area contributed by atoms with Crippen molar-refractivity contribution in [3.05, 3.63) is 53.0 Å². The molecular weight excluding hydrogens is 428 g/mol. The number of terminal acetylenes is 1. The lowest BCUT2D eigenvalue weighted by Crippen LogP contribution is -2.16. The number of anilines is 2. The molecule has 2 N–H and O–H groups in total. The quantitative estimate of drug-likeness (QED) is 0.448. The highest BCUT2D eigenvalue weighted by Gasteiger charge is 2.06. The van der Waals surface area contributed by atoms with Gasteiger partial charge in [0.1, 0.15) is 12.4 Å². The molecule has 7 heteroatoms. The average Bonchev–Trinajstić information content (AvgIpc) is 2.66. The minimum absolute atomic E-state index is 0.0923. The molecule has 0 unspecified atom stereocenters. The van der Waals surface area contributed by atoms with Crippen molar-refractivity contribution in [2.24, 2.45) is 0 Å². The van der Waals surface area contributed by atoms with Crippen LogP contribution in [-0.4, -0.2) is 29.9 Å². The van der Waals surface area contributed by atoms with Gasteiger partial charge < -0.3 is 15.4 Å². The molecule has 2 amide bonds. The molecule has 0 radical (unpaired) electrons. The van der Waals surface area contributed by atoms with Crippen molar-refractivity contribution in [1.82, 2.24) is 0 Å². The predicted octanol–water partition coefficient (Wildman–Crippen LogP) is 4.16. The van der Waals surface area contributed by atoms with Crippen LogP contribution in [-0.2, 0) is 9.59 Å². The summed E-state index contributed by atoms with van der Waals surface area (Å²) >= 11 is 4.76. The molecule has 0 atom stereocenters. The summed E-state index contributed by atoms with van der Waals surface area (Å²) in [7, 11) is 0. The first kappa shape index (κ1) is 20.9. The zero-order chi connectivity index (χ0) is 19.5. The van der Waals surface area contributed by atoms with E-state index in [4.69, 9.17) is 11.2 Å². The summed E-state index contributed by atoms with van der Waals surface area (Å²) in [5, 5.41) is 5.62. The first-order valence-corrected chi connectivity index (χ1v) is 10.1. The Morgan fingerprint density at radius 2 is 1.59 bits per heavy atom. The summed E-state index contributed by atoms with van der Waals surface area (Å²) in [6, 6.07) is 14.4. The fourth-order valence-electron chi connectivity index (χ4n) is 2.04. The van der Waals surface area contributed by atoms with Gasteiger partial charge in [0.2, 0.25) is 11.8 Å². The molecule has 2 aromatic carbocycles. The molecule has 0 bridgehead atoms. The fraction of sp³-hybridized carbons (Fsp3) is 0.200. The normalized spacial score (nSPS) is 9.93. The van der Waals surface area contributed by atoms with E-state index in [-0.39, 0.29) is 18.4 Å². The topological polar surface area (TPSA) is 67.4 Å². The SMILES string of the molecule is C#CCOc1ccc(NC(=O)CCSCC(=O)Nc2ccc(Br)cc2)cc1. The van der Waals surface area contributed by atoms with E-state index in [0.29, 0.717) is 29.4 Å². The molecule has 0 aliphatic heterocycles. The summed E-state index contributed by atoms with van der Waals surface area (Å²) in [5.41, 5.74) is 1.43. The number of halogens is 1. The molecule has 2 aromatic rings. The number of hydrogen-bond acceptors (Lipinski definition) is 4. The van der Waals surface area contributed by atoms with Crippen LogP contribution >= 0.6 is 27.7 Å². The molecule has 0 aliphatic rings. The van der Waals surface area contributed by atoms with E-state index in [2.05, 4.69) is 32.5 Å². The number of carbonyl (C=O) groups excluding carboxylic acids is 2. The van der Waals surface area contributed by atoms with E-state index >= 15 is 0 Å². The third-order valence-corrected chi connectivity index (χ3v) is 4.78. The van der Waals surface area contributed by atoms with Crippen molar-refractivity contribution >= 4 is 50.9 Å². The zero-order valence-corrected chi connectivity index (χ0v) is 16.9. The van der Waals surface area contributed by atoms with Gasteiger partial charge in [-0.15, -0.1) is 6.42 Å². The van der Waals surface area contributed by atoms with E-state index < -0.39 is 0 Å². The molecule has 0 saturated carbocycles. The van der Waals surface area contributed by atoms with Gasteiger partial charge in [-0.25, -0.2) is 0 Å². The number of benzene rings is 2. The number of nitrogens with one attached hydrogen (secondary N) is 2. The van der Waals surface area contributed by atoms with Gasteiger partial charge in [-0.1, -0.05) is 21.9 Å². The lowest BCUT2D eigenvalue weighted by atomic mass is 10.3. The maximum Gasteiger partial charge on any atom is 0.234 e. The summed E-state index contributed by atoms with van der Waals surface area (Å²) < 4.78 is 6.23. The van der Waals surface area contributed by atoms with Crippen LogP contribution in [0.15, 0.2) is 53.0 Å². The summed E-state index contributed by atoms with van der Waals surface area (Å²) in [6.45, 7) is 0.207. The molecule has 140 valence electrons. The third-order valence-electron chi connectivity index (χ3n) is 3.29. The summed E-state index contributed by atoms with van der Waals surface area (Å²) in [4.78, 5) is 23.8. The first-order chi connectivity index (χ1) is 13.1. The number of rotatable bonds is 9. The van der Waals surface area contributed by atoms with Crippen LogP contribution in [0.2, 0.25) is 0 Å². The van der Waals surface area contributed by atoms with Crippen LogP contribution in [0, 0.1) is 12.3 Å². The van der Waals surface area contributed by atoms with Crippen molar-refractivity contribution in [2.45, 2.75) is 6.42 Å². The van der Waals surface area contributed by atoms with E-state index in [0.717, 1.165) is 10.2 Å². The van der Waals surface area contributed by atoms with Crippen molar-refractivity contribution in [3.63, 3.8) is 0 Å². The molecule has 0 fully saturated rings. The molecule has 0 saturated heterocycles. The molecule has 0 heterocycles. The minimum atomic E-state index is -0.104. The summed E-state index contributed by atoms with van der Waals surface area (Å²) in [5.74, 6) is 3.70. The van der Waals surface area contributed by atoms with Gasteiger partial charge in [0.25, 0.3) is 0 Å². The van der Waals surface area contributed by atoms with Crippen LogP contribution in [0.3, 0.4) is 0 Å². The van der Waals surface area contributed by atoms with E-state index in [1.165, 1.54) is 11.8 Å². The number of hydrogen-bond donors (Lipinski definition) is 2. The number of thioether (sulfide) groups is 1. The molecule has 5 nitrogen and oxygen atoms in total. The monoisotopic (exact) mass is 446 g/mol. The number of amides is 2. The highest BCUT2D eigenvalue weighted by Crippen LogP contribution is 2.17. The minimum Gasteiger partial charge on any atom is -0.481 e. The molecule has 2 rings (SSSR count). The Hall–Kier alpha value is -2.43. The van der Waals surface area contributed by atoms with Gasteiger partial charge >= 0.3 is 0 Å². The van der Waals surface area contributed by atoms with E-state index in [1.54, 1.807) is 24.3 Å². The highest BCUT2D eigenvalue weighted by molar-refractivity contribution is 9.10. The fourth-order valence-corrected chi connectivity index (χ4v) is 3.04. The predicted molar refractivity (Wildman–Crippen MR) is 114 cm³/mol. The molecule has 27 heavy (non-hydrogen) atoms. The van der Waals surface area contributed by atoms with Crippen LogP contribution in [0.1, 0.15) is 6.42 Å². The van der Waals surface area contributed by atoms with Gasteiger partial charge in [0.05, 0.1) is 5.75 Å². The van der Waals surface area contributed by atoms with Gasteiger partial charge in [0, 0.05) is 28.0 Å². The number of ether oxygens (including phenoxy) is 1. The lowest BCUT2D eigenvalue weighted by molar-refractivity contribution is -0.116. The second kappa shape index (κ2) is 11.3. The second-order valence-electron chi connectivity index (χ2n) is 5.42. The van der Waals surface area contributed by atoms with Crippen molar-refractivity contribution in [2.75, 3.05) is 28.7 Å². The maximum absolute atomic E-state index is 11.9. The Kier molecular flexibility index (Phi) is 8.75. The maximum atomic E-state index is 11.9.